The summed E-state index contributed by atoms with van der Waals surface area (Å²) in [6, 6.07) is -0.846. The first-order valence-corrected chi connectivity index (χ1v) is 8.65. The van der Waals surface area contributed by atoms with Gasteiger partial charge in [0, 0.05) is 25.8 Å². The summed E-state index contributed by atoms with van der Waals surface area (Å²) in [4.78, 5) is 21.6. The van der Waals surface area contributed by atoms with E-state index in [0.717, 1.165) is 12.7 Å². The van der Waals surface area contributed by atoms with Crippen molar-refractivity contribution in [1.29, 1.82) is 0 Å². The van der Waals surface area contributed by atoms with Crippen molar-refractivity contribution in [3.63, 3.8) is 0 Å². The van der Waals surface area contributed by atoms with E-state index >= 15 is 0 Å². The Labute approximate surface area is 125 Å². The van der Waals surface area contributed by atoms with Crippen molar-refractivity contribution >= 4 is 21.6 Å². The molecule has 0 saturated carbocycles. The van der Waals surface area contributed by atoms with E-state index in [1.54, 1.807) is 20.9 Å². The number of amides is 2. The minimum atomic E-state index is -3.21. The fraction of sp³-hybridized carbons (Fsp3) is 0.615. The van der Waals surface area contributed by atoms with Gasteiger partial charge < -0.3 is 10.2 Å². The lowest BCUT2D eigenvalue weighted by Gasteiger charge is -2.28. The topological polar surface area (TPSA) is 92.3 Å². The summed E-state index contributed by atoms with van der Waals surface area (Å²) < 4.78 is 23.1. The highest BCUT2D eigenvalue weighted by molar-refractivity contribution is 7.91. The van der Waals surface area contributed by atoms with Crippen LogP contribution in [0.15, 0.2) is 12.4 Å². The number of nitrogens with zero attached hydrogens (tertiary/aromatic N) is 3. The molecule has 0 aromatic carbocycles. The molecule has 7 nitrogen and oxygen atoms in total. The Balaban J connectivity index is 2.73. The third-order valence-electron chi connectivity index (χ3n) is 3.56. The van der Waals surface area contributed by atoms with Crippen LogP contribution in [-0.4, -0.2) is 53.9 Å². The summed E-state index contributed by atoms with van der Waals surface area (Å²) in [6.45, 7) is 5.22. The third-order valence-corrected chi connectivity index (χ3v) is 5.30. The number of hydrogen-bond donors (Lipinski definition) is 1. The molecule has 1 aromatic rings. The van der Waals surface area contributed by atoms with Crippen molar-refractivity contribution in [1.82, 2.24) is 14.9 Å². The molecule has 2 amide bonds. The average molecular weight is 314 g/mol. The molecule has 0 spiro atoms. The number of aromatic nitrogens is 2. The molecule has 118 valence electrons. The van der Waals surface area contributed by atoms with Gasteiger partial charge in [-0.25, -0.2) is 23.2 Å². The molecule has 0 fully saturated rings. The monoisotopic (exact) mass is 314 g/mol. The number of anilines is 1. The van der Waals surface area contributed by atoms with Gasteiger partial charge in [-0.2, -0.15) is 0 Å². The summed E-state index contributed by atoms with van der Waals surface area (Å²) in [7, 11) is -1.65. The number of hydrogen-bond acceptors (Lipinski definition) is 5. The van der Waals surface area contributed by atoms with Crippen LogP contribution in [0.3, 0.4) is 0 Å². The highest BCUT2D eigenvalue weighted by Crippen LogP contribution is 2.12. The summed E-state index contributed by atoms with van der Waals surface area (Å²) in [5, 5.41) is 2.00. The molecule has 1 heterocycles. The van der Waals surface area contributed by atoms with E-state index in [0.29, 0.717) is 11.5 Å². The number of urea groups is 1. The molecule has 8 heteroatoms. The van der Waals surface area contributed by atoms with E-state index in [1.807, 2.05) is 6.92 Å². The lowest BCUT2D eigenvalue weighted by molar-refractivity contribution is 0.207. The van der Waals surface area contributed by atoms with Crippen LogP contribution in [0.4, 0.5) is 10.5 Å². The van der Waals surface area contributed by atoms with Gasteiger partial charge in [-0.1, -0.05) is 6.92 Å². The van der Waals surface area contributed by atoms with Crippen LogP contribution in [-0.2, 0) is 16.3 Å². The number of carbonyl (C=O) groups is 1. The maximum absolute atomic E-state index is 12.1. The molecule has 0 aliphatic rings. The molecule has 0 aliphatic carbocycles. The number of rotatable bonds is 5. The quantitative estimate of drug-likeness (QED) is 0.885. The van der Waals surface area contributed by atoms with Gasteiger partial charge in [0.05, 0.1) is 23.3 Å². The summed E-state index contributed by atoms with van der Waals surface area (Å²) in [6.07, 6.45) is 4.94. The van der Waals surface area contributed by atoms with E-state index in [4.69, 9.17) is 0 Å². The summed E-state index contributed by atoms with van der Waals surface area (Å²) in [5.74, 6) is 0.695. The lowest BCUT2D eigenvalue weighted by atomic mass is 10.2. The largest absolute Gasteiger partial charge is 0.324 e. The lowest BCUT2D eigenvalue weighted by Crippen LogP contribution is -2.46. The number of sulfone groups is 1. The van der Waals surface area contributed by atoms with Crippen molar-refractivity contribution in [3.8, 4) is 0 Å². The Kier molecular flexibility index (Phi) is 5.65. The molecule has 0 bridgehead atoms. The molecule has 1 aromatic heterocycles. The highest BCUT2D eigenvalue weighted by Gasteiger charge is 2.28. The zero-order valence-corrected chi connectivity index (χ0v) is 13.8. The van der Waals surface area contributed by atoms with E-state index in [-0.39, 0.29) is 0 Å². The molecule has 1 N–H and O–H groups in total. The molecule has 0 aliphatic heterocycles. The van der Waals surface area contributed by atoms with Crippen molar-refractivity contribution < 1.29 is 13.2 Å². The van der Waals surface area contributed by atoms with Gasteiger partial charge in [-0.05, 0) is 13.8 Å². The van der Waals surface area contributed by atoms with Crippen molar-refractivity contribution in [2.75, 3.05) is 18.6 Å². The van der Waals surface area contributed by atoms with Gasteiger partial charge in [0.15, 0.2) is 9.84 Å². The Morgan fingerprint density at radius 1 is 1.33 bits per heavy atom. The van der Waals surface area contributed by atoms with Gasteiger partial charge in [0.1, 0.15) is 5.82 Å². The van der Waals surface area contributed by atoms with E-state index in [1.165, 1.54) is 17.3 Å². The molecular formula is C13H22N4O3S. The second-order valence-corrected chi connectivity index (χ2v) is 7.46. The first-order chi connectivity index (χ1) is 9.66. The molecule has 0 unspecified atom stereocenters. The van der Waals surface area contributed by atoms with Crippen LogP contribution >= 0.6 is 0 Å². The first-order valence-electron chi connectivity index (χ1n) is 6.70. The van der Waals surface area contributed by atoms with Crippen LogP contribution in [0, 0.1) is 0 Å². The molecule has 1 rings (SSSR count). The van der Waals surface area contributed by atoms with Crippen LogP contribution in [0.2, 0.25) is 0 Å². The van der Waals surface area contributed by atoms with Crippen LogP contribution < -0.4 is 5.32 Å². The molecule has 21 heavy (non-hydrogen) atoms. The van der Waals surface area contributed by atoms with Gasteiger partial charge in [-0.15, -0.1) is 0 Å². The fourth-order valence-electron chi connectivity index (χ4n) is 1.67. The Hall–Kier alpha value is -1.70. The fourth-order valence-corrected chi connectivity index (χ4v) is 2.57. The van der Waals surface area contributed by atoms with Crippen molar-refractivity contribution in [2.24, 2.45) is 0 Å². The highest BCUT2D eigenvalue weighted by atomic mass is 32.2. The predicted octanol–water partition coefficient (Wildman–Crippen LogP) is 1.32. The maximum Gasteiger partial charge on any atom is 0.321 e. The second-order valence-electron chi connectivity index (χ2n) is 5.06. The number of aryl methyl sites for hydroxylation is 1. The number of nitrogens with one attached hydrogen (secondary N) is 1. The molecular weight excluding hydrogens is 292 g/mol. The third kappa shape index (κ3) is 4.66. The molecule has 2 atom stereocenters. The Morgan fingerprint density at radius 3 is 2.29 bits per heavy atom. The maximum atomic E-state index is 12.1. The van der Waals surface area contributed by atoms with Crippen molar-refractivity contribution in [3.05, 3.63) is 18.2 Å². The molecule has 0 radical (unpaired) electrons. The average Bonchev–Trinajstić information content (AvgIpc) is 2.44. The van der Waals surface area contributed by atoms with Crippen LogP contribution in [0.5, 0.6) is 0 Å². The summed E-state index contributed by atoms with van der Waals surface area (Å²) in [5.41, 5.74) is 0.475. The predicted molar refractivity (Wildman–Crippen MR) is 82.0 cm³/mol. The van der Waals surface area contributed by atoms with Crippen LogP contribution in [0.25, 0.3) is 0 Å². The SMILES string of the molecule is CCc1ncc(NC(=O)N(C)[C@H](C)[C@H](C)S(C)(=O)=O)cn1. The standard InChI is InChI=1S/C13H22N4O3S/c1-6-12-14-7-11(8-15-12)16-13(18)17(4)9(2)10(3)21(5,19)20/h7-10H,6H2,1-5H3,(H,16,18)/t9-,10+/m1/s1. The van der Waals surface area contributed by atoms with Gasteiger partial charge >= 0.3 is 6.03 Å². The minimum Gasteiger partial charge on any atom is -0.324 e. The Bertz CT molecular complexity index is 586. The molecule has 0 saturated heterocycles. The minimum absolute atomic E-state index is 0.397. The zero-order chi connectivity index (χ0) is 16.2. The smallest absolute Gasteiger partial charge is 0.321 e. The zero-order valence-electron chi connectivity index (χ0n) is 13.0. The van der Waals surface area contributed by atoms with Crippen LogP contribution in [0.1, 0.15) is 26.6 Å². The normalized spacial score (nSPS) is 14.3. The van der Waals surface area contributed by atoms with E-state index in [9.17, 15) is 13.2 Å². The Morgan fingerprint density at radius 2 is 1.86 bits per heavy atom. The first kappa shape index (κ1) is 17.4. The van der Waals surface area contributed by atoms with Gasteiger partial charge in [0.2, 0.25) is 0 Å². The van der Waals surface area contributed by atoms with E-state index < -0.39 is 27.2 Å². The van der Waals surface area contributed by atoms with Gasteiger partial charge in [-0.3, -0.25) is 0 Å². The van der Waals surface area contributed by atoms with Gasteiger partial charge in [0.25, 0.3) is 0 Å². The van der Waals surface area contributed by atoms with E-state index in [2.05, 4.69) is 15.3 Å². The number of carbonyl (C=O) groups excluding carboxylic acids is 1. The summed E-state index contributed by atoms with van der Waals surface area (Å²) >= 11 is 0. The van der Waals surface area contributed by atoms with Crippen molar-refractivity contribution in [2.45, 2.75) is 38.5 Å². The second kappa shape index (κ2) is 6.84.